The first-order chi connectivity index (χ1) is 13.8. The van der Waals surface area contributed by atoms with Gasteiger partial charge in [-0.05, 0) is 87.7 Å². The first-order valence-electron chi connectivity index (χ1n) is 12.3. The van der Waals surface area contributed by atoms with Gasteiger partial charge in [0.15, 0.2) is 0 Å². The van der Waals surface area contributed by atoms with E-state index < -0.39 is 0 Å². The molecule has 0 spiro atoms. The highest BCUT2D eigenvalue weighted by atomic mass is 16.5. The predicted octanol–water partition coefficient (Wildman–Crippen LogP) is 7.86. The van der Waals surface area contributed by atoms with Crippen LogP contribution in [0.15, 0.2) is 24.3 Å². The molecule has 0 aromatic heterocycles. The lowest BCUT2D eigenvalue weighted by atomic mass is 9.79. The van der Waals surface area contributed by atoms with Crippen molar-refractivity contribution in [3.63, 3.8) is 0 Å². The van der Waals surface area contributed by atoms with E-state index in [-0.39, 0.29) is 0 Å². The number of rotatable bonds is 10. The van der Waals surface area contributed by atoms with Crippen molar-refractivity contribution in [2.24, 2.45) is 17.8 Å². The maximum absolute atomic E-state index is 5.87. The average molecular weight is 385 g/mol. The van der Waals surface area contributed by atoms with Crippen LogP contribution in [0.4, 0.5) is 0 Å². The van der Waals surface area contributed by atoms with Gasteiger partial charge in [-0.15, -0.1) is 0 Å². The van der Waals surface area contributed by atoms with Crippen LogP contribution in [0.1, 0.15) is 104 Å². The summed E-state index contributed by atoms with van der Waals surface area (Å²) in [5, 5.41) is 0. The molecule has 0 heterocycles. The minimum atomic E-state index is 0.505. The summed E-state index contributed by atoms with van der Waals surface area (Å²) < 4.78 is 5.87. The molecular weight excluding hydrogens is 340 g/mol. The highest BCUT2D eigenvalue weighted by Crippen LogP contribution is 2.32. The van der Waals surface area contributed by atoms with Crippen LogP contribution in [-0.2, 0) is 4.74 Å². The van der Waals surface area contributed by atoms with E-state index in [0.29, 0.717) is 12.0 Å². The van der Waals surface area contributed by atoms with Gasteiger partial charge in [-0.25, -0.2) is 0 Å². The van der Waals surface area contributed by atoms with Gasteiger partial charge in [-0.1, -0.05) is 69.9 Å². The molecule has 0 atom stereocenters. The normalized spacial score (nSPS) is 28.5. The lowest BCUT2D eigenvalue weighted by Crippen LogP contribution is -2.21. The third kappa shape index (κ3) is 9.97. The van der Waals surface area contributed by atoms with Gasteiger partial charge in [0.05, 0.1) is 6.10 Å². The summed E-state index contributed by atoms with van der Waals surface area (Å²) in [4.78, 5) is 0. The molecular formula is C27H44O. The smallest absolute Gasteiger partial charge is 0.0575 e. The highest BCUT2D eigenvalue weighted by molar-refractivity contribution is 5.24. The molecule has 0 unspecified atom stereocenters. The molecule has 158 valence electrons. The lowest BCUT2D eigenvalue weighted by molar-refractivity contribution is 0.0227. The fourth-order valence-electron chi connectivity index (χ4n) is 4.73. The second-order valence-corrected chi connectivity index (χ2v) is 9.04. The van der Waals surface area contributed by atoms with Crippen LogP contribution in [0.2, 0.25) is 0 Å². The SMILES string of the molecule is CCCCCCC1CCC(C=CC#CC=CC2CCC(OCCC)CC2)CC1. The fourth-order valence-corrected chi connectivity index (χ4v) is 4.73. The molecule has 0 bridgehead atoms. The minimum absolute atomic E-state index is 0.505. The second-order valence-electron chi connectivity index (χ2n) is 9.04. The van der Waals surface area contributed by atoms with Gasteiger partial charge >= 0.3 is 0 Å². The third-order valence-corrected chi connectivity index (χ3v) is 6.62. The molecule has 0 aromatic carbocycles. The maximum Gasteiger partial charge on any atom is 0.0575 e. The summed E-state index contributed by atoms with van der Waals surface area (Å²) in [6, 6.07) is 0. The van der Waals surface area contributed by atoms with Gasteiger partial charge in [-0.3, -0.25) is 0 Å². The molecule has 2 rings (SSSR count). The molecule has 0 saturated heterocycles. The summed E-state index contributed by atoms with van der Waals surface area (Å²) >= 11 is 0. The van der Waals surface area contributed by atoms with Crippen molar-refractivity contribution in [2.75, 3.05) is 6.61 Å². The van der Waals surface area contributed by atoms with Crippen molar-refractivity contribution in [1.29, 1.82) is 0 Å². The fraction of sp³-hybridized carbons (Fsp3) is 0.778. The molecule has 1 nitrogen and oxygen atoms in total. The summed E-state index contributed by atoms with van der Waals surface area (Å²) in [6.45, 7) is 5.40. The third-order valence-electron chi connectivity index (χ3n) is 6.62. The highest BCUT2D eigenvalue weighted by Gasteiger charge is 2.20. The lowest BCUT2D eigenvalue weighted by Gasteiger charge is -2.26. The molecule has 0 aliphatic heterocycles. The Balaban J connectivity index is 1.55. The molecule has 1 heteroatoms. The Hall–Kier alpha value is -1.00. The van der Waals surface area contributed by atoms with Gasteiger partial charge in [0, 0.05) is 6.61 Å². The van der Waals surface area contributed by atoms with Crippen LogP contribution >= 0.6 is 0 Å². The van der Waals surface area contributed by atoms with Crippen LogP contribution in [0.25, 0.3) is 0 Å². The van der Waals surface area contributed by atoms with Gasteiger partial charge in [0.25, 0.3) is 0 Å². The number of hydrogen-bond donors (Lipinski definition) is 0. The molecule has 2 aliphatic rings. The van der Waals surface area contributed by atoms with Gasteiger partial charge in [0.1, 0.15) is 0 Å². The molecule has 2 saturated carbocycles. The largest absolute Gasteiger partial charge is 0.378 e. The molecule has 2 fully saturated rings. The molecule has 0 N–H and O–H groups in total. The Kier molecular flexibility index (Phi) is 12.4. The van der Waals surface area contributed by atoms with E-state index in [1.165, 1.54) is 83.5 Å². The van der Waals surface area contributed by atoms with Gasteiger partial charge in [-0.2, -0.15) is 0 Å². The zero-order valence-electron chi connectivity index (χ0n) is 18.6. The van der Waals surface area contributed by atoms with E-state index in [1.807, 2.05) is 0 Å². The van der Waals surface area contributed by atoms with Crippen LogP contribution < -0.4 is 0 Å². The average Bonchev–Trinajstić information content (AvgIpc) is 2.74. The molecule has 0 radical (unpaired) electrons. The van der Waals surface area contributed by atoms with Crippen LogP contribution in [0.3, 0.4) is 0 Å². The zero-order valence-corrected chi connectivity index (χ0v) is 18.6. The first-order valence-corrected chi connectivity index (χ1v) is 12.3. The Morgan fingerprint density at radius 2 is 1.32 bits per heavy atom. The minimum Gasteiger partial charge on any atom is -0.378 e. The van der Waals surface area contributed by atoms with E-state index in [4.69, 9.17) is 4.74 Å². The van der Waals surface area contributed by atoms with Crippen molar-refractivity contribution in [1.82, 2.24) is 0 Å². The first kappa shape index (κ1) is 23.3. The van der Waals surface area contributed by atoms with Crippen molar-refractivity contribution < 1.29 is 4.74 Å². The standard InChI is InChI=1S/C27H44O/c1-3-5-6-9-12-24-15-17-25(18-16-24)13-10-7-8-11-14-26-19-21-27(22-20-26)28-23-4-2/h10-11,13-14,24-27H,3-6,9,12,15-23H2,1-2H3. The van der Waals surface area contributed by atoms with Crippen molar-refractivity contribution >= 4 is 0 Å². The summed E-state index contributed by atoms with van der Waals surface area (Å²) in [5.74, 6) is 8.91. The zero-order chi connectivity index (χ0) is 19.9. The molecule has 0 aromatic rings. The monoisotopic (exact) mass is 384 g/mol. The van der Waals surface area contributed by atoms with E-state index >= 15 is 0 Å². The quantitative estimate of drug-likeness (QED) is 0.275. The molecule has 28 heavy (non-hydrogen) atoms. The predicted molar refractivity (Wildman–Crippen MR) is 122 cm³/mol. The molecule has 2 aliphatic carbocycles. The van der Waals surface area contributed by atoms with Gasteiger partial charge < -0.3 is 4.74 Å². The van der Waals surface area contributed by atoms with Crippen LogP contribution in [0.5, 0.6) is 0 Å². The topological polar surface area (TPSA) is 9.23 Å². The van der Waals surface area contributed by atoms with Gasteiger partial charge in [0.2, 0.25) is 0 Å². The van der Waals surface area contributed by atoms with Crippen molar-refractivity contribution in [3.8, 4) is 11.8 Å². The Morgan fingerprint density at radius 3 is 1.89 bits per heavy atom. The Bertz CT molecular complexity index is 490. The van der Waals surface area contributed by atoms with Crippen molar-refractivity contribution in [3.05, 3.63) is 24.3 Å². The van der Waals surface area contributed by atoms with Crippen LogP contribution in [0, 0.1) is 29.6 Å². The summed E-state index contributed by atoms with van der Waals surface area (Å²) in [7, 11) is 0. The second kappa shape index (κ2) is 14.9. The van der Waals surface area contributed by atoms with E-state index in [9.17, 15) is 0 Å². The Morgan fingerprint density at radius 1 is 0.714 bits per heavy atom. The number of unbranched alkanes of at least 4 members (excludes halogenated alkanes) is 3. The summed E-state index contributed by atoms with van der Waals surface area (Å²) in [5.41, 5.74) is 0. The number of ether oxygens (including phenoxy) is 1. The maximum atomic E-state index is 5.87. The number of allylic oxidation sites excluding steroid dienone is 4. The van der Waals surface area contributed by atoms with E-state index in [0.717, 1.165) is 24.9 Å². The Labute approximate surface area is 175 Å². The van der Waals surface area contributed by atoms with Crippen LogP contribution in [-0.4, -0.2) is 12.7 Å². The van der Waals surface area contributed by atoms with E-state index in [1.54, 1.807) is 0 Å². The van der Waals surface area contributed by atoms with E-state index in [2.05, 4.69) is 50.0 Å². The van der Waals surface area contributed by atoms with Crippen molar-refractivity contribution in [2.45, 2.75) is 110 Å². The number of hydrogen-bond acceptors (Lipinski definition) is 1. The molecule has 0 amide bonds. The summed E-state index contributed by atoms with van der Waals surface area (Å²) in [6.07, 6.45) is 28.2.